The van der Waals surface area contributed by atoms with Crippen molar-refractivity contribution < 1.29 is 9.32 Å². The SMILES string of the molecule is Cc1cc(NC(=O)CC(C)n2nc(C)c(C)c2C)no1. The number of carbonyl (C=O) groups is 1. The maximum absolute atomic E-state index is 12.0. The highest BCUT2D eigenvalue weighted by Crippen LogP contribution is 2.19. The summed E-state index contributed by atoms with van der Waals surface area (Å²) in [6.07, 6.45) is 0.341. The van der Waals surface area contributed by atoms with Crippen LogP contribution < -0.4 is 5.32 Å². The summed E-state index contributed by atoms with van der Waals surface area (Å²) in [5.74, 6) is 1.02. The molecule has 20 heavy (non-hydrogen) atoms. The van der Waals surface area contributed by atoms with Crippen LogP contribution in [-0.4, -0.2) is 20.8 Å². The summed E-state index contributed by atoms with van der Waals surface area (Å²) in [4.78, 5) is 12.0. The third-order valence-corrected chi connectivity index (χ3v) is 3.48. The molecule has 1 amide bonds. The van der Waals surface area contributed by atoms with Crippen molar-refractivity contribution in [3.05, 3.63) is 28.8 Å². The number of carbonyl (C=O) groups excluding carboxylic acids is 1. The molecular weight excluding hydrogens is 256 g/mol. The Labute approximate surface area is 118 Å². The summed E-state index contributed by atoms with van der Waals surface area (Å²) in [7, 11) is 0. The summed E-state index contributed by atoms with van der Waals surface area (Å²) in [6.45, 7) is 9.80. The van der Waals surface area contributed by atoms with Crippen molar-refractivity contribution in [3.8, 4) is 0 Å². The Morgan fingerprint density at radius 1 is 1.40 bits per heavy atom. The highest BCUT2D eigenvalue weighted by Gasteiger charge is 2.17. The van der Waals surface area contributed by atoms with Crippen molar-refractivity contribution >= 4 is 11.7 Å². The Kier molecular flexibility index (Phi) is 3.92. The molecule has 108 valence electrons. The minimum Gasteiger partial charge on any atom is -0.360 e. The molecule has 1 unspecified atom stereocenters. The fourth-order valence-electron chi connectivity index (χ4n) is 2.15. The average molecular weight is 276 g/mol. The molecule has 0 spiro atoms. The van der Waals surface area contributed by atoms with E-state index in [0.717, 1.165) is 11.4 Å². The lowest BCUT2D eigenvalue weighted by atomic mass is 10.2. The van der Waals surface area contributed by atoms with Crippen molar-refractivity contribution in [1.29, 1.82) is 0 Å². The molecule has 0 saturated carbocycles. The molecule has 0 aromatic carbocycles. The number of nitrogens with one attached hydrogen (secondary N) is 1. The molecule has 2 aromatic heterocycles. The van der Waals surface area contributed by atoms with E-state index < -0.39 is 0 Å². The van der Waals surface area contributed by atoms with Gasteiger partial charge in [0.1, 0.15) is 5.76 Å². The van der Waals surface area contributed by atoms with Gasteiger partial charge < -0.3 is 9.84 Å². The first-order valence-electron chi connectivity index (χ1n) is 6.64. The smallest absolute Gasteiger partial charge is 0.227 e. The monoisotopic (exact) mass is 276 g/mol. The maximum Gasteiger partial charge on any atom is 0.227 e. The number of hydrogen-bond acceptors (Lipinski definition) is 4. The fourth-order valence-corrected chi connectivity index (χ4v) is 2.15. The first kappa shape index (κ1) is 14.3. The molecule has 2 rings (SSSR count). The maximum atomic E-state index is 12.0. The molecule has 2 aromatic rings. The summed E-state index contributed by atoms with van der Waals surface area (Å²) >= 11 is 0. The second-order valence-electron chi connectivity index (χ2n) is 5.16. The van der Waals surface area contributed by atoms with Crippen molar-refractivity contribution in [3.63, 3.8) is 0 Å². The molecule has 0 fully saturated rings. The number of aromatic nitrogens is 3. The zero-order valence-electron chi connectivity index (χ0n) is 12.5. The first-order valence-corrected chi connectivity index (χ1v) is 6.64. The van der Waals surface area contributed by atoms with E-state index in [9.17, 15) is 4.79 Å². The van der Waals surface area contributed by atoms with E-state index in [-0.39, 0.29) is 11.9 Å². The lowest BCUT2D eigenvalue weighted by Crippen LogP contribution is -2.19. The zero-order chi connectivity index (χ0) is 14.9. The number of aryl methyl sites for hydroxylation is 2. The summed E-state index contributed by atoms with van der Waals surface area (Å²) in [5, 5.41) is 10.9. The van der Waals surface area contributed by atoms with Gasteiger partial charge >= 0.3 is 0 Å². The van der Waals surface area contributed by atoms with Crippen molar-refractivity contribution in [1.82, 2.24) is 14.9 Å². The van der Waals surface area contributed by atoms with Gasteiger partial charge in [0.25, 0.3) is 0 Å². The Bertz CT molecular complexity index is 627. The van der Waals surface area contributed by atoms with E-state index in [1.807, 2.05) is 32.4 Å². The van der Waals surface area contributed by atoms with Gasteiger partial charge in [-0.05, 0) is 40.2 Å². The lowest BCUT2D eigenvalue weighted by Gasteiger charge is -2.13. The van der Waals surface area contributed by atoms with Crippen LogP contribution in [-0.2, 0) is 4.79 Å². The number of anilines is 1. The van der Waals surface area contributed by atoms with E-state index in [1.54, 1.807) is 13.0 Å². The summed E-state index contributed by atoms with van der Waals surface area (Å²) in [5.41, 5.74) is 3.27. The number of nitrogens with zero attached hydrogens (tertiary/aromatic N) is 3. The Hall–Kier alpha value is -2.11. The van der Waals surface area contributed by atoms with Crippen LogP contribution in [0.4, 0.5) is 5.82 Å². The molecule has 0 aliphatic rings. The Morgan fingerprint density at radius 2 is 2.10 bits per heavy atom. The minimum atomic E-state index is -0.101. The van der Waals surface area contributed by atoms with E-state index in [2.05, 4.69) is 15.6 Å². The number of hydrogen-bond donors (Lipinski definition) is 1. The van der Waals surface area contributed by atoms with Crippen LogP contribution in [0.25, 0.3) is 0 Å². The number of amides is 1. The summed E-state index contributed by atoms with van der Waals surface area (Å²) < 4.78 is 6.81. The Morgan fingerprint density at radius 3 is 2.60 bits per heavy atom. The Balaban J connectivity index is 2.02. The molecular formula is C14H20N4O2. The summed E-state index contributed by atoms with van der Waals surface area (Å²) in [6, 6.07) is 1.69. The molecule has 1 N–H and O–H groups in total. The van der Waals surface area contributed by atoms with Gasteiger partial charge in [-0.25, -0.2) is 0 Å². The molecule has 0 bridgehead atoms. The van der Waals surface area contributed by atoms with Crippen LogP contribution in [0.5, 0.6) is 0 Å². The van der Waals surface area contributed by atoms with Crippen molar-refractivity contribution in [2.45, 2.75) is 47.1 Å². The molecule has 0 aliphatic heterocycles. The quantitative estimate of drug-likeness (QED) is 0.931. The van der Waals surface area contributed by atoms with Gasteiger partial charge in [0.2, 0.25) is 5.91 Å². The normalized spacial score (nSPS) is 12.4. The largest absolute Gasteiger partial charge is 0.360 e. The highest BCUT2D eigenvalue weighted by atomic mass is 16.5. The second kappa shape index (κ2) is 5.48. The van der Waals surface area contributed by atoms with Crippen molar-refractivity contribution in [2.75, 3.05) is 5.32 Å². The topological polar surface area (TPSA) is 73.0 Å². The van der Waals surface area contributed by atoms with Gasteiger partial charge in [-0.3, -0.25) is 9.48 Å². The molecule has 1 atom stereocenters. The van der Waals surface area contributed by atoms with Crippen LogP contribution >= 0.6 is 0 Å². The van der Waals surface area contributed by atoms with Crippen LogP contribution in [0.2, 0.25) is 0 Å². The van der Waals surface area contributed by atoms with Gasteiger partial charge in [0.05, 0.1) is 11.7 Å². The van der Waals surface area contributed by atoms with Crippen LogP contribution in [0.1, 0.15) is 42.1 Å². The highest BCUT2D eigenvalue weighted by molar-refractivity contribution is 5.89. The molecule has 6 nitrogen and oxygen atoms in total. The first-order chi connectivity index (χ1) is 9.38. The molecule has 6 heteroatoms. The molecule has 2 heterocycles. The van der Waals surface area contributed by atoms with Gasteiger partial charge in [-0.15, -0.1) is 0 Å². The van der Waals surface area contributed by atoms with E-state index >= 15 is 0 Å². The van der Waals surface area contributed by atoms with Gasteiger partial charge in [-0.2, -0.15) is 5.10 Å². The van der Waals surface area contributed by atoms with Gasteiger partial charge in [0, 0.05) is 18.2 Å². The predicted molar refractivity (Wildman–Crippen MR) is 75.6 cm³/mol. The molecule has 0 aliphatic carbocycles. The average Bonchev–Trinajstić information content (AvgIpc) is 2.88. The number of rotatable bonds is 4. The third kappa shape index (κ3) is 2.89. The van der Waals surface area contributed by atoms with E-state index in [4.69, 9.17) is 4.52 Å². The van der Waals surface area contributed by atoms with Crippen LogP contribution in [0, 0.1) is 27.7 Å². The molecule has 0 radical (unpaired) electrons. The zero-order valence-corrected chi connectivity index (χ0v) is 12.5. The third-order valence-electron chi connectivity index (χ3n) is 3.48. The fraction of sp³-hybridized carbons (Fsp3) is 0.500. The van der Waals surface area contributed by atoms with E-state index in [0.29, 0.717) is 18.0 Å². The van der Waals surface area contributed by atoms with Crippen molar-refractivity contribution in [2.24, 2.45) is 0 Å². The van der Waals surface area contributed by atoms with Gasteiger partial charge in [-0.1, -0.05) is 5.16 Å². The standard InChI is InChI=1S/C14H20N4O2/c1-8(18-12(5)10(3)11(4)16-18)6-14(19)15-13-7-9(2)20-17-13/h7-8H,6H2,1-5H3,(H,15,17,19). The van der Waals surface area contributed by atoms with Crippen LogP contribution in [0.15, 0.2) is 10.6 Å². The predicted octanol–water partition coefficient (Wildman–Crippen LogP) is 2.69. The van der Waals surface area contributed by atoms with E-state index in [1.165, 1.54) is 5.56 Å². The van der Waals surface area contributed by atoms with Crippen LogP contribution in [0.3, 0.4) is 0 Å². The minimum absolute atomic E-state index is 0.00426. The second-order valence-corrected chi connectivity index (χ2v) is 5.16. The lowest BCUT2D eigenvalue weighted by molar-refractivity contribution is -0.116. The molecule has 0 saturated heterocycles. The van der Waals surface area contributed by atoms with Gasteiger partial charge in [0.15, 0.2) is 5.82 Å².